The second kappa shape index (κ2) is 9.74. The molecule has 2 saturated heterocycles. The molecule has 0 spiro atoms. The van der Waals surface area contributed by atoms with Crippen LogP contribution in [0.2, 0.25) is 0 Å². The molecule has 0 aliphatic carbocycles. The zero-order chi connectivity index (χ0) is 25.4. The van der Waals surface area contributed by atoms with Crippen LogP contribution < -0.4 is 5.46 Å². The summed E-state index contributed by atoms with van der Waals surface area (Å²) in [7, 11) is -4.30. The van der Waals surface area contributed by atoms with Crippen LogP contribution >= 0.6 is 0 Å². The molecule has 34 heavy (non-hydrogen) atoms. The number of carbonyl (C=O) groups is 1. The lowest BCUT2D eigenvalue weighted by Crippen LogP contribution is -2.46. The highest BCUT2D eigenvalue weighted by Crippen LogP contribution is 2.36. The van der Waals surface area contributed by atoms with E-state index in [1.165, 1.54) is 12.4 Å². The number of amides is 1. The van der Waals surface area contributed by atoms with Crippen LogP contribution in [0.25, 0.3) is 0 Å². The summed E-state index contributed by atoms with van der Waals surface area (Å²) < 4.78 is 43.1. The van der Waals surface area contributed by atoms with Gasteiger partial charge in [-0.05, 0) is 80.6 Å². The summed E-state index contributed by atoms with van der Waals surface area (Å²) in [4.78, 5) is 22.5. The van der Waals surface area contributed by atoms with E-state index in [4.69, 9.17) is 14.0 Å². The first kappa shape index (κ1) is 26.9. The van der Waals surface area contributed by atoms with Crippen LogP contribution in [0.3, 0.4) is 0 Å². The summed E-state index contributed by atoms with van der Waals surface area (Å²) in [6.07, 6.45) is 6.36. The van der Waals surface area contributed by atoms with Crippen molar-refractivity contribution in [2.75, 3.05) is 12.3 Å². The largest absolute Gasteiger partial charge is 0.498 e. The van der Waals surface area contributed by atoms with Gasteiger partial charge in [0.1, 0.15) is 5.60 Å². The maximum Gasteiger partial charge on any atom is 0.498 e. The zero-order valence-electron chi connectivity index (χ0n) is 21.5. The van der Waals surface area contributed by atoms with Gasteiger partial charge in [-0.1, -0.05) is 0 Å². The van der Waals surface area contributed by atoms with Gasteiger partial charge in [-0.15, -0.1) is 0 Å². The maximum absolute atomic E-state index is 12.8. The fraction of sp³-hybridized carbons (Fsp3) is 0.783. The molecule has 1 aromatic rings. The van der Waals surface area contributed by atoms with Crippen molar-refractivity contribution in [2.24, 2.45) is 0 Å². The Labute approximate surface area is 204 Å². The molecule has 0 saturated carbocycles. The lowest BCUT2D eigenvalue weighted by molar-refractivity contribution is 0.00578. The highest BCUT2D eigenvalue weighted by Gasteiger charge is 2.52. The van der Waals surface area contributed by atoms with Crippen LogP contribution in [0, 0.1) is 0 Å². The van der Waals surface area contributed by atoms with Gasteiger partial charge in [0.05, 0.1) is 17.0 Å². The van der Waals surface area contributed by atoms with Crippen molar-refractivity contribution in [3.05, 3.63) is 12.4 Å². The van der Waals surface area contributed by atoms with E-state index < -0.39 is 33.8 Å². The number of hydrogen-bond donors (Lipinski definition) is 0. The van der Waals surface area contributed by atoms with Gasteiger partial charge in [-0.2, -0.15) is 0 Å². The molecule has 0 N–H and O–H groups in total. The van der Waals surface area contributed by atoms with Crippen molar-refractivity contribution in [1.82, 2.24) is 14.9 Å². The minimum atomic E-state index is -3.65. The predicted octanol–water partition coefficient (Wildman–Crippen LogP) is 3.12. The Morgan fingerprint density at radius 1 is 1.15 bits per heavy atom. The Hall–Kier alpha value is -1.72. The van der Waals surface area contributed by atoms with Crippen molar-refractivity contribution in [3.63, 3.8) is 0 Å². The van der Waals surface area contributed by atoms with Crippen LogP contribution in [0.4, 0.5) is 4.79 Å². The van der Waals surface area contributed by atoms with Crippen LogP contribution in [0.15, 0.2) is 17.6 Å². The predicted molar refractivity (Wildman–Crippen MR) is 130 cm³/mol. The molecule has 2 aliphatic rings. The minimum absolute atomic E-state index is 0.0227. The molecule has 0 radical (unpaired) electrons. The summed E-state index contributed by atoms with van der Waals surface area (Å²) in [6.45, 7) is 13.9. The van der Waals surface area contributed by atoms with Crippen LogP contribution in [-0.4, -0.2) is 71.6 Å². The van der Waals surface area contributed by atoms with Crippen LogP contribution in [0.5, 0.6) is 0 Å². The van der Waals surface area contributed by atoms with Gasteiger partial charge in [-0.3, -0.25) is 0 Å². The number of ether oxygens (including phenoxy) is 1. The average Bonchev–Trinajstić information content (AvgIpc) is 2.94. The highest BCUT2D eigenvalue weighted by molar-refractivity contribution is 7.91. The molecule has 3 heterocycles. The Morgan fingerprint density at radius 2 is 1.74 bits per heavy atom. The molecule has 0 bridgehead atoms. The fourth-order valence-corrected chi connectivity index (χ4v) is 5.21. The minimum Gasteiger partial charge on any atom is -0.444 e. The second-order valence-electron chi connectivity index (χ2n) is 11.2. The maximum atomic E-state index is 12.8. The molecular formula is C23H38BN3O6S. The van der Waals surface area contributed by atoms with E-state index in [0.29, 0.717) is 24.8 Å². The number of likely N-dealkylation sites (tertiary alicyclic amines) is 1. The van der Waals surface area contributed by atoms with Gasteiger partial charge in [0.15, 0.2) is 0 Å². The highest BCUT2D eigenvalue weighted by atomic mass is 32.2. The third-order valence-corrected chi connectivity index (χ3v) is 8.25. The number of aromatic nitrogens is 2. The van der Waals surface area contributed by atoms with E-state index in [2.05, 4.69) is 9.97 Å². The molecule has 9 nitrogen and oxygen atoms in total. The Morgan fingerprint density at radius 3 is 2.29 bits per heavy atom. The molecular weight excluding hydrogens is 457 g/mol. The van der Waals surface area contributed by atoms with Crippen molar-refractivity contribution < 1.29 is 27.3 Å². The first-order valence-electron chi connectivity index (χ1n) is 12.0. The SMILES string of the molecule is CC(C)(C)OC(=O)N1CCCCC1CCCS(=O)(=O)c1ncc(B2OC(C)(C)C(C)(C)O2)cn1. The molecule has 0 aromatic carbocycles. The molecule has 2 aliphatic heterocycles. The van der Waals surface area contributed by atoms with Gasteiger partial charge in [0.25, 0.3) is 0 Å². The standard InChI is InChI=1S/C23H38BN3O6S/c1-21(2,3)31-20(28)27-13-9-8-11-18(27)12-10-14-34(29,30)19-25-15-17(16-26-19)24-32-22(4,5)23(6,7)33-24/h15-16,18H,8-14H2,1-7H3. The molecule has 1 atom stereocenters. The fourth-order valence-electron chi connectivity index (χ4n) is 4.05. The average molecular weight is 495 g/mol. The van der Waals surface area contributed by atoms with Crippen molar-refractivity contribution in [3.8, 4) is 0 Å². The molecule has 190 valence electrons. The second-order valence-corrected chi connectivity index (χ2v) is 13.2. The first-order chi connectivity index (χ1) is 15.6. The molecule has 3 rings (SSSR count). The molecule has 1 unspecified atom stereocenters. The lowest BCUT2D eigenvalue weighted by atomic mass is 9.81. The number of carbonyl (C=O) groups excluding carboxylic acids is 1. The third-order valence-electron chi connectivity index (χ3n) is 6.66. The monoisotopic (exact) mass is 495 g/mol. The smallest absolute Gasteiger partial charge is 0.444 e. The third kappa shape index (κ3) is 6.28. The number of sulfone groups is 1. The summed E-state index contributed by atoms with van der Waals surface area (Å²) in [6, 6.07) is -0.0227. The Kier molecular flexibility index (Phi) is 7.70. The topological polar surface area (TPSA) is 108 Å². The number of nitrogens with zero attached hydrogens (tertiary/aromatic N) is 3. The summed E-state index contributed by atoms with van der Waals surface area (Å²) in [5.41, 5.74) is -0.997. The molecule has 2 fully saturated rings. The normalized spacial score (nSPS) is 22.6. The van der Waals surface area contributed by atoms with Gasteiger partial charge in [0.2, 0.25) is 15.0 Å². The summed E-state index contributed by atoms with van der Waals surface area (Å²) >= 11 is 0. The van der Waals surface area contributed by atoms with Gasteiger partial charge in [0, 0.05) is 30.4 Å². The first-order valence-corrected chi connectivity index (χ1v) is 13.7. The lowest BCUT2D eigenvalue weighted by Gasteiger charge is -2.36. The number of rotatable bonds is 6. The number of piperidine rings is 1. The van der Waals surface area contributed by atoms with E-state index in [0.717, 1.165) is 19.3 Å². The van der Waals surface area contributed by atoms with Crippen molar-refractivity contribution >= 4 is 28.5 Å². The molecule has 11 heteroatoms. The zero-order valence-corrected chi connectivity index (χ0v) is 22.3. The van der Waals surface area contributed by atoms with Crippen LogP contribution in [0.1, 0.15) is 80.6 Å². The van der Waals surface area contributed by atoms with E-state index in [1.54, 1.807) is 4.90 Å². The molecule has 1 aromatic heterocycles. The summed E-state index contributed by atoms with van der Waals surface area (Å²) in [5.74, 6) is -0.0818. The van der Waals surface area contributed by atoms with E-state index in [9.17, 15) is 13.2 Å². The quantitative estimate of drug-likeness (QED) is 0.438. The van der Waals surface area contributed by atoms with Gasteiger partial charge in [-0.25, -0.2) is 23.2 Å². The van der Waals surface area contributed by atoms with Gasteiger partial charge < -0.3 is 18.9 Å². The summed E-state index contributed by atoms with van der Waals surface area (Å²) in [5, 5.41) is -0.208. The van der Waals surface area contributed by atoms with E-state index >= 15 is 0 Å². The Bertz CT molecular complexity index is 959. The number of hydrogen-bond acceptors (Lipinski definition) is 8. The van der Waals surface area contributed by atoms with Crippen molar-refractivity contribution in [2.45, 2.75) is 109 Å². The van der Waals surface area contributed by atoms with Crippen LogP contribution in [-0.2, 0) is 23.9 Å². The Balaban J connectivity index is 1.58. The molecule has 1 amide bonds. The van der Waals surface area contributed by atoms with Gasteiger partial charge >= 0.3 is 13.2 Å². The van der Waals surface area contributed by atoms with Crippen molar-refractivity contribution in [1.29, 1.82) is 0 Å². The van der Waals surface area contributed by atoms with E-state index in [-0.39, 0.29) is 23.0 Å². The van der Waals surface area contributed by atoms with E-state index in [1.807, 2.05) is 48.5 Å².